The first kappa shape index (κ1) is 18.9. The number of halogens is 4. The van der Waals surface area contributed by atoms with E-state index in [0.717, 1.165) is 6.54 Å². The summed E-state index contributed by atoms with van der Waals surface area (Å²) >= 11 is 0. The Morgan fingerprint density at radius 3 is 2.65 bits per heavy atom. The average molecular weight is 406 g/mol. The minimum Gasteiger partial charge on any atom is -0.356 e. The summed E-state index contributed by atoms with van der Waals surface area (Å²) in [7, 11) is 1.49. The zero-order valence-electron chi connectivity index (χ0n) is 11.2. The molecule has 1 aromatic rings. The summed E-state index contributed by atoms with van der Waals surface area (Å²) in [6.07, 6.45) is -3.48. The first-order valence-electron chi connectivity index (χ1n) is 5.84. The van der Waals surface area contributed by atoms with Crippen molar-refractivity contribution in [2.75, 3.05) is 13.6 Å². The Morgan fingerprint density at radius 2 is 2.10 bits per heavy atom. The van der Waals surface area contributed by atoms with E-state index in [-0.39, 0.29) is 30.5 Å². The van der Waals surface area contributed by atoms with Gasteiger partial charge in [-0.05, 0) is 6.92 Å². The van der Waals surface area contributed by atoms with Crippen LogP contribution in [0.2, 0.25) is 0 Å². The van der Waals surface area contributed by atoms with Gasteiger partial charge in [-0.1, -0.05) is 0 Å². The minimum atomic E-state index is -4.17. The van der Waals surface area contributed by atoms with E-state index in [2.05, 4.69) is 25.8 Å². The molecule has 0 bridgehead atoms. The van der Waals surface area contributed by atoms with Crippen molar-refractivity contribution in [2.24, 2.45) is 4.99 Å². The molecule has 0 radical (unpaired) electrons. The molecule has 6 nitrogen and oxygen atoms in total. The van der Waals surface area contributed by atoms with Crippen LogP contribution in [0.4, 0.5) is 13.2 Å². The lowest BCUT2D eigenvalue weighted by molar-refractivity contribution is -0.132. The van der Waals surface area contributed by atoms with Gasteiger partial charge >= 0.3 is 6.18 Å². The van der Waals surface area contributed by atoms with Crippen molar-refractivity contribution >= 4 is 29.9 Å². The highest BCUT2D eigenvalue weighted by molar-refractivity contribution is 14.0. The number of aliphatic imine (C=N–C) groups is 1. The molecule has 0 amide bonds. The number of rotatable bonds is 5. The van der Waals surface area contributed by atoms with Crippen LogP contribution >= 0.6 is 24.0 Å². The van der Waals surface area contributed by atoms with E-state index in [1.165, 1.54) is 7.05 Å². The fourth-order valence-corrected chi connectivity index (χ4v) is 1.39. The average Bonchev–Trinajstić information content (AvgIpc) is 2.79. The van der Waals surface area contributed by atoms with E-state index in [9.17, 15) is 13.2 Å². The van der Waals surface area contributed by atoms with E-state index in [0.29, 0.717) is 18.3 Å². The number of alkyl halides is 3. The number of aryl methyl sites for hydroxylation is 1. The fraction of sp³-hybridized carbons (Fsp3) is 0.700. The van der Waals surface area contributed by atoms with Crippen LogP contribution in [0, 0.1) is 0 Å². The van der Waals surface area contributed by atoms with Crippen LogP contribution in [-0.4, -0.2) is 40.5 Å². The molecule has 116 valence electrons. The number of aromatic nitrogens is 3. The van der Waals surface area contributed by atoms with Crippen molar-refractivity contribution in [3.05, 3.63) is 12.2 Å². The van der Waals surface area contributed by atoms with Crippen LogP contribution < -0.4 is 10.6 Å². The van der Waals surface area contributed by atoms with Crippen LogP contribution in [0.1, 0.15) is 19.2 Å². The highest BCUT2D eigenvalue weighted by atomic mass is 127. The second-order valence-corrected chi connectivity index (χ2v) is 3.75. The summed E-state index contributed by atoms with van der Waals surface area (Å²) in [5, 5.41) is 13.1. The fourth-order valence-electron chi connectivity index (χ4n) is 1.39. The number of nitrogens with one attached hydrogen (secondary N) is 2. The molecular weight excluding hydrogens is 388 g/mol. The molecule has 0 saturated heterocycles. The number of guanidine groups is 1. The standard InChI is InChI=1S/C10H17F3N6.HI/c1-3-19-7-17-18-8(19)6-16-9(14-2)15-5-4-10(11,12)13;/h7H,3-6H2,1-2H3,(H2,14,15,16);1H. The molecule has 0 atom stereocenters. The van der Waals surface area contributed by atoms with Crippen LogP contribution in [-0.2, 0) is 13.1 Å². The lowest BCUT2D eigenvalue weighted by Gasteiger charge is -2.12. The maximum absolute atomic E-state index is 12.0. The van der Waals surface area contributed by atoms with Gasteiger partial charge in [0.05, 0.1) is 13.0 Å². The monoisotopic (exact) mass is 406 g/mol. The summed E-state index contributed by atoms with van der Waals surface area (Å²) in [6, 6.07) is 0. The molecule has 2 N–H and O–H groups in total. The van der Waals surface area contributed by atoms with E-state index in [1.807, 2.05) is 11.5 Å². The number of hydrogen-bond acceptors (Lipinski definition) is 3. The van der Waals surface area contributed by atoms with Gasteiger partial charge in [0.2, 0.25) is 0 Å². The molecule has 10 heteroatoms. The van der Waals surface area contributed by atoms with Crippen molar-refractivity contribution in [3.63, 3.8) is 0 Å². The molecule has 0 fully saturated rings. The minimum absolute atomic E-state index is 0. The molecule has 0 saturated carbocycles. The van der Waals surface area contributed by atoms with Gasteiger partial charge in [-0.2, -0.15) is 13.2 Å². The quantitative estimate of drug-likeness (QED) is 0.443. The van der Waals surface area contributed by atoms with Crippen LogP contribution in [0.15, 0.2) is 11.3 Å². The lowest BCUT2D eigenvalue weighted by Crippen LogP contribution is -2.39. The van der Waals surface area contributed by atoms with Gasteiger partial charge < -0.3 is 15.2 Å². The maximum atomic E-state index is 12.0. The molecular formula is C10H18F3IN6. The van der Waals surface area contributed by atoms with Gasteiger partial charge in [0.1, 0.15) is 6.33 Å². The lowest BCUT2D eigenvalue weighted by atomic mass is 10.4. The van der Waals surface area contributed by atoms with Crippen molar-refractivity contribution in [1.82, 2.24) is 25.4 Å². The van der Waals surface area contributed by atoms with Crippen molar-refractivity contribution in [1.29, 1.82) is 0 Å². The van der Waals surface area contributed by atoms with Crippen LogP contribution in [0.25, 0.3) is 0 Å². The number of hydrogen-bond donors (Lipinski definition) is 2. The predicted molar refractivity (Wildman–Crippen MR) is 80.0 cm³/mol. The zero-order valence-corrected chi connectivity index (χ0v) is 13.6. The van der Waals surface area contributed by atoms with Gasteiger partial charge in [0.15, 0.2) is 11.8 Å². The van der Waals surface area contributed by atoms with Crippen LogP contribution in [0.3, 0.4) is 0 Å². The first-order chi connectivity index (χ1) is 8.96. The Kier molecular flexibility index (Phi) is 8.49. The Balaban J connectivity index is 0.00000361. The summed E-state index contributed by atoms with van der Waals surface area (Å²) < 4.78 is 37.8. The van der Waals surface area contributed by atoms with Gasteiger partial charge in [-0.25, -0.2) is 0 Å². The molecule has 0 spiro atoms. The third kappa shape index (κ3) is 6.91. The third-order valence-electron chi connectivity index (χ3n) is 2.37. The molecule has 0 aliphatic heterocycles. The van der Waals surface area contributed by atoms with E-state index >= 15 is 0 Å². The van der Waals surface area contributed by atoms with E-state index in [4.69, 9.17) is 0 Å². The Labute approximate surface area is 132 Å². The van der Waals surface area contributed by atoms with Crippen molar-refractivity contribution < 1.29 is 13.2 Å². The Bertz CT molecular complexity index is 417. The number of nitrogens with zero attached hydrogens (tertiary/aromatic N) is 4. The topological polar surface area (TPSA) is 67.1 Å². The van der Waals surface area contributed by atoms with Crippen LogP contribution in [0.5, 0.6) is 0 Å². The van der Waals surface area contributed by atoms with Crippen molar-refractivity contribution in [3.8, 4) is 0 Å². The highest BCUT2D eigenvalue weighted by Crippen LogP contribution is 2.17. The smallest absolute Gasteiger partial charge is 0.356 e. The van der Waals surface area contributed by atoms with Gasteiger partial charge in [-0.15, -0.1) is 34.2 Å². The van der Waals surface area contributed by atoms with E-state index in [1.54, 1.807) is 6.33 Å². The normalized spacial score (nSPS) is 11.9. The molecule has 0 aliphatic rings. The Morgan fingerprint density at radius 1 is 1.40 bits per heavy atom. The van der Waals surface area contributed by atoms with E-state index < -0.39 is 12.6 Å². The molecule has 1 heterocycles. The summed E-state index contributed by atoms with van der Waals surface area (Å²) in [5.74, 6) is 0.996. The largest absolute Gasteiger partial charge is 0.390 e. The second-order valence-electron chi connectivity index (χ2n) is 3.75. The molecule has 1 rings (SSSR count). The maximum Gasteiger partial charge on any atom is 0.390 e. The first-order valence-corrected chi connectivity index (χ1v) is 5.84. The Hall–Kier alpha value is -1.07. The molecule has 0 unspecified atom stereocenters. The van der Waals surface area contributed by atoms with Gasteiger partial charge in [-0.3, -0.25) is 4.99 Å². The second kappa shape index (κ2) is 8.97. The zero-order chi connectivity index (χ0) is 14.3. The molecule has 20 heavy (non-hydrogen) atoms. The molecule has 0 aliphatic carbocycles. The third-order valence-corrected chi connectivity index (χ3v) is 2.37. The van der Waals surface area contributed by atoms with Crippen molar-refractivity contribution in [2.45, 2.75) is 32.6 Å². The molecule has 0 aromatic carbocycles. The summed E-state index contributed by atoms with van der Waals surface area (Å²) in [4.78, 5) is 3.83. The highest BCUT2D eigenvalue weighted by Gasteiger charge is 2.26. The summed E-state index contributed by atoms with van der Waals surface area (Å²) in [6.45, 7) is 2.80. The predicted octanol–water partition coefficient (Wildman–Crippen LogP) is 1.53. The van der Waals surface area contributed by atoms with Gasteiger partial charge in [0, 0.05) is 20.1 Å². The SMILES string of the molecule is CCn1cnnc1CNC(=NC)NCCC(F)(F)F.I. The molecule has 1 aromatic heterocycles. The van der Waals surface area contributed by atoms with Gasteiger partial charge in [0.25, 0.3) is 0 Å². The summed E-state index contributed by atoms with van der Waals surface area (Å²) in [5.41, 5.74) is 0.